The highest BCUT2D eigenvalue weighted by atomic mass is 16.5. The number of rotatable bonds is 4. The van der Waals surface area contributed by atoms with Crippen LogP contribution in [0.4, 0.5) is 0 Å². The second-order valence-electron chi connectivity index (χ2n) is 4.00. The number of hydrogen-bond acceptors (Lipinski definition) is 5. The van der Waals surface area contributed by atoms with E-state index in [0.29, 0.717) is 18.7 Å². The molecular weight excluding hydrogens is 244 g/mol. The lowest BCUT2D eigenvalue weighted by Crippen LogP contribution is -2.06. The van der Waals surface area contributed by atoms with Crippen molar-refractivity contribution in [2.75, 3.05) is 6.61 Å². The third-order valence-corrected chi connectivity index (χ3v) is 2.81. The van der Waals surface area contributed by atoms with Gasteiger partial charge in [0.1, 0.15) is 0 Å². The molecule has 0 fully saturated rings. The molecule has 0 amide bonds. The molecule has 0 saturated carbocycles. The van der Waals surface area contributed by atoms with Crippen LogP contribution in [0.2, 0.25) is 0 Å². The Morgan fingerprint density at radius 1 is 1.37 bits per heavy atom. The zero-order valence-corrected chi connectivity index (χ0v) is 11.0. The van der Waals surface area contributed by atoms with Crippen LogP contribution in [0, 0.1) is 6.92 Å². The molecule has 6 heteroatoms. The maximum Gasteiger partial charge on any atom is 0.338 e. The largest absolute Gasteiger partial charge is 0.462 e. The molecule has 0 atom stereocenters. The van der Waals surface area contributed by atoms with Gasteiger partial charge < -0.3 is 10.5 Å². The van der Waals surface area contributed by atoms with Crippen LogP contribution in [0.25, 0.3) is 5.69 Å². The van der Waals surface area contributed by atoms with Crippen molar-refractivity contribution in [2.24, 2.45) is 5.73 Å². The molecule has 0 aliphatic carbocycles. The van der Waals surface area contributed by atoms with Crippen molar-refractivity contribution < 1.29 is 9.53 Å². The molecule has 0 aliphatic heterocycles. The molecule has 1 heterocycles. The van der Waals surface area contributed by atoms with E-state index in [2.05, 4.69) is 10.3 Å². The highest BCUT2D eigenvalue weighted by Gasteiger charge is 2.10. The van der Waals surface area contributed by atoms with E-state index in [-0.39, 0.29) is 5.97 Å². The van der Waals surface area contributed by atoms with Crippen LogP contribution >= 0.6 is 0 Å². The monoisotopic (exact) mass is 260 g/mol. The summed E-state index contributed by atoms with van der Waals surface area (Å²) >= 11 is 0. The summed E-state index contributed by atoms with van der Waals surface area (Å²) in [6.07, 6.45) is 0. The molecule has 0 unspecified atom stereocenters. The molecule has 0 spiro atoms. The van der Waals surface area contributed by atoms with Gasteiger partial charge >= 0.3 is 5.97 Å². The molecular formula is C13H16N4O2. The van der Waals surface area contributed by atoms with Gasteiger partial charge in [-0.2, -0.15) is 0 Å². The smallest absolute Gasteiger partial charge is 0.338 e. The molecule has 1 aromatic carbocycles. The van der Waals surface area contributed by atoms with Crippen molar-refractivity contribution >= 4 is 5.97 Å². The van der Waals surface area contributed by atoms with E-state index in [1.807, 2.05) is 6.92 Å². The minimum absolute atomic E-state index is 0.327. The topological polar surface area (TPSA) is 83.0 Å². The summed E-state index contributed by atoms with van der Waals surface area (Å²) in [6.45, 7) is 4.40. The van der Waals surface area contributed by atoms with Crippen molar-refractivity contribution in [3.8, 4) is 5.69 Å². The zero-order valence-electron chi connectivity index (χ0n) is 11.0. The van der Waals surface area contributed by atoms with E-state index < -0.39 is 0 Å². The van der Waals surface area contributed by atoms with E-state index in [1.54, 1.807) is 35.9 Å². The molecule has 0 bridgehead atoms. The van der Waals surface area contributed by atoms with Crippen molar-refractivity contribution in [1.29, 1.82) is 0 Å². The van der Waals surface area contributed by atoms with Crippen LogP contribution in [0.3, 0.4) is 0 Å². The van der Waals surface area contributed by atoms with Crippen LogP contribution in [-0.4, -0.2) is 27.6 Å². The summed E-state index contributed by atoms with van der Waals surface area (Å²) in [7, 11) is 0. The first-order chi connectivity index (χ1) is 9.17. The number of nitrogens with zero attached hydrogens (tertiary/aromatic N) is 3. The van der Waals surface area contributed by atoms with E-state index in [4.69, 9.17) is 10.5 Å². The lowest BCUT2D eigenvalue weighted by atomic mass is 10.2. The lowest BCUT2D eigenvalue weighted by molar-refractivity contribution is 0.0526. The summed E-state index contributed by atoms with van der Waals surface area (Å²) in [5, 5.41) is 8.03. The number of aromatic nitrogens is 3. The Balaban J connectivity index is 2.27. The molecule has 2 aromatic rings. The lowest BCUT2D eigenvalue weighted by Gasteiger charge is -2.05. The molecule has 19 heavy (non-hydrogen) atoms. The van der Waals surface area contributed by atoms with Crippen LogP contribution in [-0.2, 0) is 11.3 Å². The molecule has 2 N–H and O–H groups in total. The van der Waals surface area contributed by atoms with Gasteiger partial charge in [0, 0.05) is 6.54 Å². The molecule has 100 valence electrons. The molecule has 1 aromatic heterocycles. The Morgan fingerprint density at radius 3 is 2.58 bits per heavy atom. The minimum atomic E-state index is -0.327. The molecule has 6 nitrogen and oxygen atoms in total. The predicted octanol–water partition coefficient (Wildman–Crippen LogP) is 1.21. The molecule has 2 rings (SSSR count). The standard InChI is InChI=1S/C13H16N4O2/c1-3-19-13(18)10-4-6-11(7-5-10)17-9(2)12(8-14)15-16-17/h4-7H,3,8,14H2,1-2H3. The van der Waals surface area contributed by atoms with Gasteiger partial charge in [-0.05, 0) is 38.1 Å². The van der Waals surface area contributed by atoms with Gasteiger partial charge in [0.25, 0.3) is 0 Å². The van der Waals surface area contributed by atoms with Gasteiger partial charge in [-0.15, -0.1) is 5.10 Å². The number of carbonyl (C=O) groups is 1. The van der Waals surface area contributed by atoms with Crippen molar-refractivity contribution in [3.05, 3.63) is 41.2 Å². The molecule has 0 radical (unpaired) electrons. The first-order valence-electron chi connectivity index (χ1n) is 6.06. The van der Waals surface area contributed by atoms with Gasteiger partial charge in [0.2, 0.25) is 0 Å². The fourth-order valence-corrected chi connectivity index (χ4v) is 1.75. The summed E-state index contributed by atoms with van der Waals surface area (Å²) in [6, 6.07) is 7.01. The Labute approximate surface area is 111 Å². The first-order valence-corrected chi connectivity index (χ1v) is 6.06. The van der Waals surface area contributed by atoms with Crippen LogP contribution in [0.5, 0.6) is 0 Å². The highest BCUT2D eigenvalue weighted by molar-refractivity contribution is 5.89. The number of hydrogen-bond donors (Lipinski definition) is 1. The van der Waals surface area contributed by atoms with Crippen LogP contribution in [0.1, 0.15) is 28.7 Å². The summed E-state index contributed by atoms with van der Waals surface area (Å²) in [4.78, 5) is 11.5. The SMILES string of the molecule is CCOC(=O)c1ccc(-n2nnc(CN)c2C)cc1. The first kappa shape index (κ1) is 13.2. The Hall–Kier alpha value is -2.21. The minimum Gasteiger partial charge on any atom is -0.462 e. The average molecular weight is 260 g/mol. The molecule has 0 aliphatic rings. The summed E-state index contributed by atoms with van der Waals surface area (Å²) < 4.78 is 6.62. The van der Waals surface area contributed by atoms with Crippen molar-refractivity contribution in [2.45, 2.75) is 20.4 Å². The van der Waals surface area contributed by atoms with Crippen molar-refractivity contribution in [3.63, 3.8) is 0 Å². The van der Waals surface area contributed by atoms with E-state index in [9.17, 15) is 4.79 Å². The second-order valence-corrected chi connectivity index (χ2v) is 4.00. The Morgan fingerprint density at radius 2 is 2.05 bits per heavy atom. The van der Waals surface area contributed by atoms with Gasteiger partial charge in [0.15, 0.2) is 0 Å². The summed E-state index contributed by atoms with van der Waals surface area (Å²) in [5.41, 5.74) is 8.56. The summed E-state index contributed by atoms with van der Waals surface area (Å²) in [5.74, 6) is -0.327. The number of benzene rings is 1. The van der Waals surface area contributed by atoms with E-state index in [1.165, 1.54) is 0 Å². The highest BCUT2D eigenvalue weighted by Crippen LogP contribution is 2.13. The van der Waals surface area contributed by atoms with Crippen LogP contribution < -0.4 is 5.73 Å². The number of nitrogens with two attached hydrogens (primary N) is 1. The van der Waals surface area contributed by atoms with Crippen molar-refractivity contribution in [1.82, 2.24) is 15.0 Å². The number of esters is 1. The third-order valence-electron chi connectivity index (χ3n) is 2.81. The maximum atomic E-state index is 11.5. The Bertz CT molecular complexity index is 575. The fraction of sp³-hybridized carbons (Fsp3) is 0.308. The normalized spacial score (nSPS) is 10.5. The number of ether oxygens (including phenoxy) is 1. The van der Waals surface area contributed by atoms with Crippen LogP contribution in [0.15, 0.2) is 24.3 Å². The fourth-order valence-electron chi connectivity index (χ4n) is 1.75. The van der Waals surface area contributed by atoms with Gasteiger partial charge in [-0.25, -0.2) is 9.48 Å². The van der Waals surface area contributed by atoms with Gasteiger partial charge in [-0.3, -0.25) is 0 Å². The van der Waals surface area contributed by atoms with Gasteiger partial charge in [0.05, 0.1) is 29.2 Å². The predicted molar refractivity (Wildman–Crippen MR) is 69.9 cm³/mol. The zero-order chi connectivity index (χ0) is 13.8. The Kier molecular flexibility index (Phi) is 3.91. The van der Waals surface area contributed by atoms with E-state index in [0.717, 1.165) is 17.1 Å². The number of carbonyl (C=O) groups excluding carboxylic acids is 1. The van der Waals surface area contributed by atoms with E-state index >= 15 is 0 Å². The maximum absolute atomic E-state index is 11.5. The van der Waals surface area contributed by atoms with Gasteiger partial charge in [-0.1, -0.05) is 5.21 Å². The third kappa shape index (κ3) is 2.63. The second kappa shape index (κ2) is 5.62. The quantitative estimate of drug-likeness (QED) is 0.835. The molecule has 0 saturated heterocycles. The average Bonchev–Trinajstić information content (AvgIpc) is 2.80.